The number of fused-ring (bicyclic) bond motifs is 1. The van der Waals surface area contributed by atoms with E-state index in [0.29, 0.717) is 6.04 Å². The van der Waals surface area contributed by atoms with Gasteiger partial charge in [0.2, 0.25) is 0 Å². The molecule has 0 unspecified atom stereocenters. The molecular formula is C15H20ClN3O. The van der Waals surface area contributed by atoms with Crippen LogP contribution in [0.15, 0.2) is 18.2 Å². The molecule has 0 amide bonds. The lowest BCUT2D eigenvalue weighted by atomic mass is 9.93. The van der Waals surface area contributed by atoms with Crippen molar-refractivity contribution in [3.05, 3.63) is 29.0 Å². The largest absolute Gasteiger partial charge is 0.393 e. The topological polar surface area (TPSA) is 50.1 Å². The molecular weight excluding hydrogens is 274 g/mol. The number of aromatic nitrogens is 2. The average Bonchev–Trinajstić information content (AvgIpc) is 2.74. The molecule has 1 heterocycles. The van der Waals surface area contributed by atoms with Crippen molar-refractivity contribution in [2.75, 3.05) is 0 Å². The minimum atomic E-state index is -0.106. The van der Waals surface area contributed by atoms with Crippen LogP contribution in [0.2, 0.25) is 5.02 Å². The van der Waals surface area contributed by atoms with Gasteiger partial charge in [-0.3, -0.25) is 0 Å². The summed E-state index contributed by atoms with van der Waals surface area (Å²) in [5.74, 6) is 1.02. The Hall–Kier alpha value is -1.10. The standard InChI is InChI=1S/C15H20ClN3O/c1-19-14-7-2-10(16)8-13(14)18-15(19)9-17-11-3-5-12(20)6-4-11/h2,7-8,11-12,17,20H,3-6,9H2,1H3. The molecule has 1 saturated carbocycles. The molecule has 0 radical (unpaired) electrons. The van der Waals surface area contributed by atoms with Crippen molar-refractivity contribution >= 4 is 22.6 Å². The lowest BCUT2D eigenvalue weighted by Gasteiger charge is -2.26. The number of halogens is 1. The van der Waals surface area contributed by atoms with Crippen molar-refractivity contribution in [3.8, 4) is 0 Å². The third kappa shape index (κ3) is 2.82. The molecule has 108 valence electrons. The van der Waals surface area contributed by atoms with Gasteiger partial charge in [0.15, 0.2) is 0 Å². The number of benzene rings is 1. The normalized spacial score (nSPS) is 23.4. The molecule has 1 aromatic carbocycles. The van der Waals surface area contributed by atoms with Gasteiger partial charge in [-0.05, 0) is 43.9 Å². The van der Waals surface area contributed by atoms with E-state index in [0.717, 1.165) is 54.1 Å². The second-order valence-electron chi connectivity index (χ2n) is 5.61. The van der Waals surface area contributed by atoms with Crippen LogP contribution in [0.1, 0.15) is 31.5 Å². The van der Waals surface area contributed by atoms with Crippen LogP contribution in [0.3, 0.4) is 0 Å². The molecule has 0 atom stereocenters. The molecule has 2 N–H and O–H groups in total. The van der Waals surface area contributed by atoms with E-state index >= 15 is 0 Å². The van der Waals surface area contributed by atoms with E-state index in [-0.39, 0.29) is 6.10 Å². The maximum absolute atomic E-state index is 9.52. The molecule has 1 aliphatic rings. The van der Waals surface area contributed by atoms with Crippen molar-refractivity contribution in [2.45, 2.75) is 44.4 Å². The Labute approximate surface area is 123 Å². The first-order valence-corrected chi connectivity index (χ1v) is 7.53. The first-order valence-electron chi connectivity index (χ1n) is 7.16. The summed E-state index contributed by atoms with van der Waals surface area (Å²) in [6.07, 6.45) is 3.77. The minimum absolute atomic E-state index is 0.106. The summed E-state index contributed by atoms with van der Waals surface area (Å²) >= 11 is 6.00. The average molecular weight is 294 g/mol. The first kappa shape index (κ1) is 13.9. The number of hydrogen-bond donors (Lipinski definition) is 2. The lowest BCUT2D eigenvalue weighted by Crippen LogP contribution is -2.34. The zero-order chi connectivity index (χ0) is 14.1. The van der Waals surface area contributed by atoms with Crippen LogP contribution in [0.25, 0.3) is 11.0 Å². The monoisotopic (exact) mass is 293 g/mol. The van der Waals surface area contributed by atoms with Crippen molar-refractivity contribution in [2.24, 2.45) is 7.05 Å². The summed E-state index contributed by atoms with van der Waals surface area (Å²) < 4.78 is 2.11. The van der Waals surface area contributed by atoms with Crippen LogP contribution in [0.5, 0.6) is 0 Å². The lowest BCUT2D eigenvalue weighted by molar-refractivity contribution is 0.116. The molecule has 0 spiro atoms. The van der Waals surface area contributed by atoms with Gasteiger partial charge in [-0.2, -0.15) is 0 Å². The van der Waals surface area contributed by atoms with Crippen LogP contribution in [-0.4, -0.2) is 26.8 Å². The summed E-state index contributed by atoms with van der Waals surface area (Å²) in [4.78, 5) is 4.64. The molecule has 1 aliphatic carbocycles. The van der Waals surface area contributed by atoms with Gasteiger partial charge in [0, 0.05) is 18.1 Å². The number of aliphatic hydroxyl groups is 1. The summed E-state index contributed by atoms with van der Waals surface area (Å²) in [6, 6.07) is 6.29. The second-order valence-corrected chi connectivity index (χ2v) is 6.04. The number of hydrogen-bond acceptors (Lipinski definition) is 3. The van der Waals surface area contributed by atoms with Gasteiger partial charge < -0.3 is 15.0 Å². The zero-order valence-corrected chi connectivity index (χ0v) is 12.4. The fraction of sp³-hybridized carbons (Fsp3) is 0.533. The molecule has 1 aromatic heterocycles. The molecule has 0 saturated heterocycles. The Morgan fingerprint density at radius 2 is 2.10 bits per heavy atom. The van der Waals surface area contributed by atoms with E-state index in [1.54, 1.807) is 0 Å². The molecule has 20 heavy (non-hydrogen) atoms. The highest BCUT2D eigenvalue weighted by atomic mass is 35.5. The summed E-state index contributed by atoms with van der Waals surface area (Å²) in [6.45, 7) is 0.754. The summed E-state index contributed by atoms with van der Waals surface area (Å²) in [5, 5.41) is 13.8. The van der Waals surface area contributed by atoms with E-state index in [1.807, 2.05) is 25.2 Å². The molecule has 5 heteroatoms. The Morgan fingerprint density at radius 3 is 2.85 bits per heavy atom. The number of aryl methyl sites for hydroxylation is 1. The van der Waals surface area contributed by atoms with Crippen LogP contribution in [0, 0.1) is 0 Å². The minimum Gasteiger partial charge on any atom is -0.393 e. The quantitative estimate of drug-likeness (QED) is 0.915. The van der Waals surface area contributed by atoms with Crippen molar-refractivity contribution in [3.63, 3.8) is 0 Å². The highest BCUT2D eigenvalue weighted by Crippen LogP contribution is 2.21. The van der Waals surface area contributed by atoms with E-state index in [2.05, 4.69) is 14.9 Å². The second kappa shape index (κ2) is 5.72. The third-order valence-corrected chi connectivity index (χ3v) is 4.42. The van der Waals surface area contributed by atoms with Gasteiger partial charge in [0.1, 0.15) is 5.82 Å². The van der Waals surface area contributed by atoms with Gasteiger partial charge in [-0.25, -0.2) is 4.98 Å². The Morgan fingerprint density at radius 1 is 1.35 bits per heavy atom. The van der Waals surface area contributed by atoms with Gasteiger partial charge in [-0.15, -0.1) is 0 Å². The van der Waals surface area contributed by atoms with Crippen molar-refractivity contribution in [1.82, 2.24) is 14.9 Å². The van der Waals surface area contributed by atoms with Gasteiger partial charge in [0.25, 0.3) is 0 Å². The highest BCUT2D eigenvalue weighted by molar-refractivity contribution is 6.31. The van der Waals surface area contributed by atoms with Crippen molar-refractivity contribution < 1.29 is 5.11 Å². The van der Waals surface area contributed by atoms with Crippen LogP contribution < -0.4 is 5.32 Å². The van der Waals surface area contributed by atoms with Gasteiger partial charge >= 0.3 is 0 Å². The number of nitrogens with zero attached hydrogens (tertiary/aromatic N) is 2. The maximum Gasteiger partial charge on any atom is 0.123 e. The fourth-order valence-electron chi connectivity index (χ4n) is 2.90. The van der Waals surface area contributed by atoms with E-state index in [4.69, 9.17) is 11.6 Å². The molecule has 1 fully saturated rings. The number of imidazole rings is 1. The maximum atomic E-state index is 9.52. The fourth-order valence-corrected chi connectivity index (χ4v) is 3.06. The predicted octanol–water partition coefficient (Wildman–Crippen LogP) is 2.62. The Bertz CT molecular complexity index is 602. The first-order chi connectivity index (χ1) is 9.63. The van der Waals surface area contributed by atoms with Crippen LogP contribution >= 0.6 is 11.6 Å². The zero-order valence-electron chi connectivity index (χ0n) is 11.6. The predicted molar refractivity (Wildman–Crippen MR) is 80.8 cm³/mol. The van der Waals surface area contributed by atoms with Gasteiger partial charge in [0.05, 0.1) is 23.7 Å². The molecule has 2 aromatic rings. The SMILES string of the molecule is Cn1c(CNC2CCC(O)CC2)nc2cc(Cl)ccc21. The molecule has 4 nitrogen and oxygen atoms in total. The van der Waals surface area contributed by atoms with Crippen LogP contribution in [0.4, 0.5) is 0 Å². The number of aliphatic hydroxyl groups excluding tert-OH is 1. The molecule has 3 rings (SSSR count). The van der Waals surface area contributed by atoms with E-state index in [1.165, 1.54) is 0 Å². The van der Waals surface area contributed by atoms with E-state index in [9.17, 15) is 5.11 Å². The molecule has 0 aliphatic heterocycles. The summed E-state index contributed by atoms with van der Waals surface area (Å²) in [5.41, 5.74) is 2.04. The Balaban J connectivity index is 1.70. The smallest absolute Gasteiger partial charge is 0.123 e. The third-order valence-electron chi connectivity index (χ3n) is 4.18. The molecule has 0 bridgehead atoms. The van der Waals surface area contributed by atoms with Crippen molar-refractivity contribution in [1.29, 1.82) is 0 Å². The highest BCUT2D eigenvalue weighted by Gasteiger charge is 2.19. The summed E-state index contributed by atoms with van der Waals surface area (Å²) in [7, 11) is 2.03. The number of nitrogens with one attached hydrogen (secondary N) is 1. The van der Waals surface area contributed by atoms with E-state index < -0.39 is 0 Å². The number of rotatable bonds is 3. The Kier molecular flexibility index (Phi) is 3.96. The van der Waals surface area contributed by atoms with Gasteiger partial charge in [-0.1, -0.05) is 11.6 Å². The van der Waals surface area contributed by atoms with Crippen LogP contribution in [-0.2, 0) is 13.6 Å².